The van der Waals surface area contributed by atoms with E-state index < -0.39 is 11.6 Å². The molecular formula is C19H20F2N2O. The maximum absolute atomic E-state index is 13.8. The van der Waals surface area contributed by atoms with Crippen molar-refractivity contribution in [2.24, 2.45) is 5.92 Å². The summed E-state index contributed by atoms with van der Waals surface area (Å²) in [6.45, 7) is 2.47. The molecule has 1 fully saturated rings. The Hall–Kier alpha value is -2.43. The number of rotatable bonds is 5. The lowest BCUT2D eigenvalue weighted by molar-refractivity contribution is 0.180. The Labute approximate surface area is 140 Å². The summed E-state index contributed by atoms with van der Waals surface area (Å²) in [5.41, 5.74) is 1.00. The highest BCUT2D eigenvalue weighted by Crippen LogP contribution is 2.36. The fourth-order valence-corrected chi connectivity index (χ4v) is 2.79. The third-order valence-corrected chi connectivity index (χ3v) is 4.43. The van der Waals surface area contributed by atoms with Gasteiger partial charge in [-0.3, -0.25) is 0 Å². The molecule has 2 aromatic carbocycles. The van der Waals surface area contributed by atoms with Crippen molar-refractivity contribution >= 4 is 11.7 Å². The van der Waals surface area contributed by atoms with Crippen molar-refractivity contribution in [2.75, 3.05) is 5.32 Å². The number of nitrogens with zero attached hydrogens (tertiary/aromatic N) is 1. The average molecular weight is 330 g/mol. The van der Waals surface area contributed by atoms with Crippen LogP contribution in [0, 0.1) is 17.6 Å². The number of carbonyl (C=O) groups is 1. The van der Waals surface area contributed by atoms with E-state index in [4.69, 9.17) is 0 Å². The SMILES string of the molecule is CC(C1CC1)N(Cc1ccccc1)C(=O)Nc1ccc(F)cc1F. The largest absolute Gasteiger partial charge is 0.322 e. The van der Waals surface area contributed by atoms with E-state index in [0.717, 1.165) is 30.5 Å². The molecule has 1 saturated carbocycles. The Bertz CT molecular complexity index is 717. The number of urea groups is 1. The Kier molecular flexibility index (Phi) is 4.79. The smallest absolute Gasteiger partial charge is 0.317 e. The third kappa shape index (κ3) is 3.91. The van der Waals surface area contributed by atoms with E-state index in [-0.39, 0.29) is 17.8 Å². The van der Waals surface area contributed by atoms with Gasteiger partial charge < -0.3 is 10.2 Å². The second-order valence-corrected chi connectivity index (χ2v) is 6.25. The lowest BCUT2D eigenvalue weighted by atomic mass is 10.1. The van der Waals surface area contributed by atoms with Gasteiger partial charge in [-0.25, -0.2) is 13.6 Å². The Balaban J connectivity index is 1.77. The zero-order valence-corrected chi connectivity index (χ0v) is 13.5. The van der Waals surface area contributed by atoms with Crippen LogP contribution >= 0.6 is 0 Å². The van der Waals surface area contributed by atoms with Crippen LogP contribution in [0.4, 0.5) is 19.3 Å². The highest BCUT2D eigenvalue weighted by atomic mass is 19.1. The van der Waals surface area contributed by atoms with Gasteiger partial charge in [0, 0.05) is 18.7 Å². The van der Waals surface area contributed by atoms with Gasteiger partial charge in [0.05, 0.1) is 5.69 Å². The maximum atomic E-state index is 13.8. The summed E-state index contributed by atoms with van der Waals surface area (Å²) < 4.78 is 26.8. The average Bonchev–Trinajstić information content (AvgIpc) is 3.40. The number of amides is 2. The van der Waals surface area contributed by atoms with Gasteiger partial charge in [0.1, 0.15) is 11.6 Å². The van der Waals surface area contributed by atoms with Gasteiger partial charge in [-0.15, -0.1) is 0 Å². The molecule has 0 spiro atoms. The van der Waals surface area contributed by atoms with Gasteiger partial charge in [-0.1, -0.05) is 30.3 Å². The van der Waals surface area contributed by atoms with Crippen molar-refractivity contribution in [3.8, 4) is 0 Å². The summed E-state index contributed by atoms with van der Waals surface area (Å²) in [5.74, 6) is -0.961. The predicted molar refractivity (Wildman–Crippen MR) is 89.5 cm³/mol. The first kappa shape index (κ1) is 16.4. The van der Waals surface area contributed by atoms with Crippen LogP contribution in [0.3, 0.4) is 0 Å². The first-order chi connectivity index (χ1) is 11.5. The second-order valence-electron chi connectivity index (χ2n) is 6.25. The summed E-state index contributed by atoms with van der Waals surface area (Å²) in [4.78, 5) is 14.4. The molecule has 0 aromatic heterocycles. The fourth-order valence-electron chi connectivity index (χ4n) is 2.79. The lowest BCUT2D eigenvalue weighted by Crippen LogP contribution is -2.42. The molecule has 0 aliphatic heterocycles. The Morgan fingerprint density at radius 2 is 1.92 bits per heavy atom. The van der Waals surface area contributed by atoms with E-state index in [9.17, 15) is 13.6 Å². The van der Waals surface area contributed by atoms with Crippen molar-refractivity contribution < 1.29 is 13.6 Å². The van der Waals surface area contributed by atoms with Gasteiger partial charge in [-0.2, -0.15) is 0 Å². The first-order valence-corrected chi connectivity index (χ1v) is 8.11. The number of anilines is 1. The molecule has 0 saturated heterocycles. The van der Waals surface area contributed by atoms with Gasteiger partial charge in [0.15, 0.2) is 0 Å². The molecule has 5 heteroatoms. The van der Waals surface area contributed by atoms with E-state index in [1.807, 2.05) is 37.3 Å². The Morgan fingerprint density at radius 1 is 1.21 bits per heavy atom. The van der Waals surface area contributed by atoms with Crippen molar-refractivity contribution in [3.05, 3.63) is 65.7 Å². The number of hydrogen-bond donors (Lipinski definition) is 1. The van der Waals surface area contributed by atoms with E-state index >= 15 is 0 Å². The molecule has 1 aliphatic rings. The highest BCUT2D eigenvalue weighted by Gasteiger charge is 2.34. The zero-order valence-electron chi connectivity index (χ0n) is 13.5. The van der Waals surface area contributed by atoms with E-state index in [0.29, 0.717) is 12.5 Å². The summed E-state index contributed by atoms with van der Waals surface area (Å²) in [6, 6.07) is 12.5. The summed E-state index contributed by atoms with van der Waals surface area (Å²) >= 11 is 0. The summed E-state index contributed by atoms with van der Waals surface area (Å²) in [6.07, 6.45) is 2.20. The van der Waals surface area contributed by atoms with Crippen LogP contribution in [0.5, 0.6) is 0 Å². The minimum atomic E-state index is -0.776. The number of halogens is 2. The van der Waals surface area contributed by atoms with E-state index in [2.05, 4.69) is 5.32 Å². The number of nitrogens with one attached hydrogen (secondary N) is 1. The van der Waals surface area contributed by atoms with Crippen LogP contribution in [0.15, 0.2) is 48.5 Å². The molecular weight excluding hydrogens is 310 g/mol. The first-order valence-electron chi connectivity index (χ1n) is 8.11. The van der Waals surface area contributed by atoms with E-state index in [1.165, 1.54) is 6.07 Å². The molecule has 3 rings (SSSR count). The van der Waals surface area contributed by atoms with Crippen LogP contribution in [-0.4, -0.2) is 17.0 Å². The van der Waals surface area contributed by atoms with Crippen LogP contribution in [-0.2, 0) is 6.54 Å². The monoisotopic (exact) mass is 330 g/mol. The molecule has 1 unspecified atom stereocenters. The van der Waals surface area contributed by atoms with Crippen LogP contribution in [0.1, 0.15) is 25.3 Å². The molecule has 3 nitrogen and oxygen atoms in total. The van der Waals surface area contributed by atoms with E-state index in [1.54, 1.807) is 4.90 Å². The minimum absolute atomic E-state index is 0.0116. The topological polar surface area (TPSA) is 32.3 Å². The molecule has 126 valence electrons. The maximum Gasteiger partial charge on any atom is 0.322 e. The minimum Gasteiger partial charge on any atom is -0.317 e. The van der Waals surface area contributed by atoms with Gasteiger partial charge in [-0.05, 0) is 43.4 Å². The van der Waals surface area contributed by atoms with Crippen LogP contribution < -0.4 is 5.32 Å². The number of carbonyl (C=O) groups excluding carboxylic acids is 1. The predicted octanol–water partition coefficient (Wildman–Crippen LogP) is 4.80. The molecule has 0 radical (unpaired) electrons. The van der Waals surface area contributed by atoms with Gasteiger partial charge >= 0.3 is 6.03 Å². The molecule has 0 heterocycles. The standard InChI is InChI=1S/C19H20F2N2O/c1-13(15-7-8-15)23(12-14-5-3-2-4-6-14)19(24)22-18-10-9-16(20)11-17(18)21/h2-6,9-11,13,15H,7-8,12H2,1H3,(H,22,24). The molecule has 24 heavy (non-hydrogen) atoms. The quantitative estimate of drug-likeness (QED) is 0.839. The normalized spacial score (nSPS) is 15.0. The van der Waals surface area contributed by atoms with Crippen molar-refractivity contribution in [1.29, 1.82) is 0 Å². The van der Waals surface area contributed by atoms with Gasteiger partial charge in [0.25, 0.3) is 0 Å². The summed E-state index contributed by atoms with van der Waals surface area (Å²) in [5, 5.41) is 2.57. The zero-order chi connectivity index (χ0) is 17.1. The van der Waals surface area contributed by atoms with Crippen molar-refractivity contribution in [3.63, 3.8) is 0 Å². The van der Waals surface area contributed by atoms with Gasteiger partial charge in [0.2, 0.25) is 0 Å². The van der Waals surface area contributed by atoms with Crippen molar-refractivity contribution in [1.82, 2.24) is 4.90 Å². The second kappa shape index (κ2) is 6.99. The van der Waals surface area contributed by atoms with Crippen LogP contribution in [0.25, 0.3) is 0 Å². The molecule has 2 amide bonds. The fraction of sp³-hybridized carbons (Fsp3) is 0.316. The number of benzene rings is 2. The molecule has 0 bridgehead atoms. The highest BCUT2D eigenvalue weighted by molar-refractivity contribution is 5.89. The Morgan fingerprint density at radius 3 is 2.54 bits per heavy atom. The van der Waals surface area contributed by atoms with Crippen molar-refractivity contribution in [2.45, 2.75) is 32.4 Å². The summed E-state index contributed by atoms with van der Waals surface area (Å²) in [7, 11) is 0. The lowest BCUT2D eigenvalue weighted by Gasteiger charge is -2.30. The molecule has 1 aliphatic carbocycles. The van der Waals surface area contributed by atoms with Crippen LogP contribution in [0.2, 0.25) is 0 Å². The molecule has 1 N–H and O–H groups in total. The number of hydrogen-bond acceptors (Lipinski definition) is 1. The molecule has 1 atom stereocenters. The molecule has 2 aromatic rings. The third-order valence-electron chi connectivity index (χ3n) is 4.43.